The second kappa shape index (κ2) is 5.92. The van der Waals surface area contributed by atoms with Crippen molar-refractivity contribution in [2.24, 2.45) is 0 Å². The highest BCUT2D eigenvalue weighted by Gasteiger charge is 2.11. The van der Waals surface area contributed by atoms with Gasteiger partial charge in [-0.2, -0.15) is 0 Å². The molecule has 0 bridgehead atoms. The summed E-state index contributed by atoms with van der Waals surface area (Å²) in [5.41, 5.74) is 0. The van der Waals surface area contributed by atoms with Crippen LogP contribution in [0.3, 0.4) is 0 Å². The predicted octanol–water partition coefficient (Wildman–Crippen LogP) is 1.50. The van der Waals surface area contributed by atoms with E-state index < -0.39 is 12.1 Å². The lowest BCUT2D eigenvalue weighted by molar-refractivity contribution is -0.144. The number of rotatable bonds is 5. The lowest BCUT2D eigenvalue weighted by Crippen LogP contribution is -2.18. The molecule has 0 radical (unpaired) electrons. The van der Waals surface area contributed by atoms with Crippen molar-refractivity contribution in [1.29, 1.82) is 0 Å². The van der Waals surface area contributed by atoms with E-state index in [2.05, 4.69) is 6.58 Å². The van der Waals surface area contributed by atoms with Crippen LogP contribution in [0.2, 0.25) is 0 Å². The molecule has 0 aromatic heterocycles. The van der Waals surface area contributed by atoms with Crippen LogP contribution in [0.1, 0.15) is 6.92 Å². The van der Waals surface area contributed by atoms with E-state index in [0.29, 0.717) is 5.75 Å². The summed E-state index contributed by atoms with van der Waals surface area (Å²) in [5.74, 6) is -0.266. The Morgan fingerprint density at radius 1 is 1.44 bits per heavy atom. The largest absolute Gasteiger partial charge is 0.457 e. The molecule has 0 amide bonds. The summed E-state index contributed by atoms with van der Waals surface area (Å²) in [6, 6.07) is 8.80. The molecular formula is C12H14O4. The van der Waals surface area contributed by atoms with Crippen LogP contribution in [-0.2, 0) is 9.53 Å². The molecule has 1 aromatic carbocycles. The minimum absolute atomic E-state index is 0.0734. The average Bonchev–Trinajstić information content (AvgIpc) is 2.27. The van der Waals surface area contributed by atoms with Crippen molar-refractivity contribution < 1.29 is 19.4 Å². The smallest absolute Gasteiger partial charge is 0.373 e. The lowest BCUT2D eigenvalue weighted by Gasteiger charge is -2.09. The van der Waals surface area contributed by atoms with Crippen molar-refractivity contribution >= 4 is 5.97 Å². The molecule has 1 rings (SSSR count). The molecule has 0 saturated heterocycles. The van der Waals surface area contributed by atoms with Crippen LogP contribution in [0.25, 0.3) is 0 Å². The number of hydrogen-bond donors (Lipinski definition) is 1. The molecule has 0 spiro atoms. The van der Waals surface area contributed by atoms with Crippen LogP contribution < -0.4 is 4.74 Å². The molecule has 1 atom stereocenters. The van der Waals surface area contributed by atoms with Gasteiger partial charge in [-0.15, -0.1) is 0 Å². The SMILES string of the molecule is C=C(Oc1ccccc1)C(=O)OCC(C)O. The molecule has 0 saturated carbocycles. The van der Waals surface area contributed by atoms with E-state index in [-0.39, 0.29) is 12.4 Å². The first-order chi connectivity index (χ1) is 7.59. The maximum Gasteiger partial charge on any atom is 0.373 e. The number of aliphatic hydroxyl groups excluding tert-OH is 1. The van der Waals surface area contributed by atoms with Gasteiger partial charge in [0.2, 0.25) is 5.76 Å². The number of ether oxygens (including phenoxy) is 2. The fourth-order valence-corrected chi connectivity index (χ4v) is 0.949. The highest BCUT2D eigenvalue weighted by atomic mass is 16.6. The number of aliphatic hydroxyl groups is 1. The standard InChI is InChI=1S/C12H14O4/c1-9(13)8-15-12(14)10(2)16-11-6-4-3-5-7-11/h3-7,9,13H,2,8H2,1H3. The van der Waals surface area contributed by atoms with Gasteiger partial charge in [-0.05, 0) is 25.6 Å². The third-order valence-corrected chi connectivity index (χ3v) is 1.67. The highest BCUT2D eigenvalue weighted by Crippen LogP contribution is 2.12. The number of benzene rings is 1. The van der Waals surface area contributed by atoms with Crippen molar-refractivity contribution in [3.8, 4) is 5.75 Å². The molecule has 0 aliphatic carbocycles. The fraction of sp³-hybridized carbons (Fsp3) is 0.250. The van der Waals surface area contributed by atoms with E-state index in [0.717, 1.165) is 0 Å². The van der Waals surface area contributed by atoms with Gasteiger partial charge in [0, 0.05) is 0 Å². The van der Waals surface area contributed by atoms with Gasteiger partial charge in [0.1, 0.15) is 12.4 Å². The Kier molecular flexibility index (Phi) is 4.54. The molecule has 1 N–H and O–H groups in total. The van der Waals surface area contributed by atoms with Gasteiger partial charge in [0.05, 0.1) is 6.10 Å². The molecule has 0 aliphatic rings. The second-order valence-electron chi connectivity index (χ2n) is 3.29. The van der Waals surface area contributed by atoms with E-state index >= 15 is 0 Å². The van der Waals surface area contributed by atoms with Gasteiger partial charge in [-0.25, -0.2) is 4.79 Å². The van der Waals surface area contributed by atoms with Crippen molar-refractivity contribution in [1.82, 2.24) is 0 Å². The van der Waals surface area contributed by atoms with Crippen LogP contribution >= 0.6 is 0 Å². The summed E-state index contributed by atoms with van der Waals surface area (Å²) < 4.78 is 9.88. The van der Waals surface area contributed by atoms with E-state index in [1.54, 1.807) is 24.3 Å². The molecule has 16 heavy (non-hydrogen) atoms. The summed E-state index contributed by atoms with van der Waals surface area (Å²) in [6.07, 6.45) is -0.700. The Hall–Kier alpha value is -1.81. The molecule has 1 unspecified atom stereocenters. The maximum atomic E-state index is 11.3. The third-order valence-electron chi connectivity index (χ3n) is 1.67. The first-order valence-electron chi connectivity index (χ1n) is 4.86. The van der Waals surface area contributed by atoms with E-state index in [1.165, 1.54) is 6.92 Å². The molecule has 4 heteroatoms. The molecule has 0 heterocycles. The summed E-state index contributed by atoms with van der Waals surface area (Å²) in [7, 11) is 0. The Morgan fingerprint density at radius 2 is 2.06 bits per heavy atom. The first-order valence-corrected chi connectivity index (χ1v) is 4.86. The van der Waals surface area contributed by atoms with Crippen LogP contribution in [0, 0.1) is 0 Å². The normalized spacial score (nSPS) is 11.6. The van der Waals surface area contributed by atoms with Gasteiger partial charge in [-0.1, -0.05) is 18.2 Å². The number of hydrogen-bond acceptors (Lipinski definition) is 4. The lowest BCUT2D eigenvalue weighted by atomic mass is 10.3. The number of para-hydroxylation sites is 1. The quantitative estimate of drug-likeness (QED) is 0.466. The van der Waals surface area contributed by atoms with Gasteiger partial charge < -0.3 is 14.6 Å². The minimum atomic E-state index is -0.700. The van der Waals surface area contributed by atoms with E-state index in [1.807, 2.05) is 6.07 Å². The van der Waals surface area contributed by atoms with Crippen molar-refractivity contribution in [2.75, 3.05) is 6.61 Å². The number of esters is 1. The Balaban J connectivity index is 2.44. The van der Waals surface area contributed by atoms with Crippen LogP contribution in [-0.4, -0.2) is 23.8 Å². The molecular weight excluding hydrogens is 208 g/mol. The van der Waals surface area contributed by atoms with E-state index in [9.17, 15) is 4.79 Å². The molecule has 0 fully saturated rings. The average molecular weight is 222 g/mol. The van der Waals surface area contributed by atoms with Gasteiger partial charge in [-0.3, -0.25) is 0 Å². The van der Waals surface area contributed by atoms with Crippen molar-refractivity contribution in [3.63, 3.8) is 0 Å². The summed E-state index contributed by atoms with van der Waals surface area (Å²) >= 11 is 0. The van der Waals surface area contributed by atoms with E-state index in [4.69, 9.17) is 14.6 Å². The molecule has 4 nitrogen and oxygen atoms in total. The first kappa shape index (κ1) is 12.3. The highest BCUT2D eigenvalue weighted by molar-refractivity contribution is 5.86. The minimum Gasteiger partial charge on any atom is -0.457 e. The van der Waals surface area contributed by atoms with Crippen molar-refractivity contribution in [3.05, 3.63) is 42.7 Å². The van der Waals surface area contributed by atoms with Gasteiger partial charge in [0.15, 0.2) is 0 Å². The Labute approximate surface area is 94.1 Å². The number of carbonyl (C=O) groups excluding carboxylic acids is 1. The molecule has 0 aliphatic heterocycles. The second-order valence-corrected chi connectivity index (χ2v) is 3.29. The summed E-state index contributed by atoms with van der Waals surface area (Å²) in [6.45, 7) is 4.90. The zero-order valence-electron chi connectivity index (χ0n) is 9.05. The van der Waals surface area contributed by atoms with Crippen molar-refractivity contribution in [2.45, 2.75) is 13.0 Å². The van der Waals surface area contributed by atoms with Gasteiger partial charge >= 0.3 is 5.97 Å². The van der Waals surface area contributed by atoms with Crippen LogP contribution in [0.4, 0.5) is 0 Å². The Bertz CT molecular complexity index is 357. The monoisotopic (exact) mass is 222 g/mol. The Morgan fingerprint density at radius 3 is 2.62 bits per heavy atom. The molecule has 1 aromatic rings. The van der Waals surface area contributed by atoms with Gasteiger partial charge in [0.25, 0.3) is 0 Å². The summed E-state index contributed by atoms with van der Waals surface area (Å²) in [5, 5.41) is 8.93. The van der Waals surface area contributed by atoms with Crippen LogP contribution in [0.15, 0.2) is 42.7 Å². The molecule has 86 valence electrons. The summed E-state index contributed by atoms with van der Waals surface area (Å²) in [4.78, 5) is 11.3. The zero-order chi connectivity index (χ0) is 12.0. The topological polar surface area (TPSA) is 55.8 Å². The number of carbonyl (C=O) groups is 1. The maximum absolute atomic E-state index is 11.3. The third kappa shape index (κ3) is 4.14. The fourth-order valence-electron chi connectivity index (χ4n) is 0.949. The zero-order valence-corrected chi connectivity index (χ0v) is 9.05. The predicted molar refractivity (Wildman–Crippen MR) is 58.8 cm³/mol. The van der Waals surface area contributed by atoms with Crippen LogP contribution in [0.5, 0.6) is 5.75 Å².